The van der Waals surface area contributed by atoms with Crippen molar-refractivity contribution in [2.24, 2.45) is 0 Å². The minimum atomic E-state index is -0.926. The van der Waals surface area contributed by atoms with Gasteiger partial charge in [0.2, 0.25) is 0 Å². The number of amides is 1. The molecule has 1 aromatic carbocycles. The number of ether oxygens (including phenoxy) is 1. The SMILES string of the molecule is C[C@H](OC(=O)/C=C/c1ccsc1)C(=O)Nc1ccc(C#N)cc1. The predicted octanol–water partition coefficient (Wildman–Crippen LogP) is 3.20. The zero-order chi connectivity index (χ0) is 16.7. The molecule has 6 heteroatoms. The van der Waals surface area contributed by atoms with E-state index in [1.807, 2.05) is 22.9 Å². The quantitative estimate of drug-likeness (QED) is 0.676. The van der Waals surface area contributed by atoms with Crippen molar-refractivity contribution in [2.45, 2.75) is 13.0 Å². The molecule has 0 saturated carbocycles. The van der Waals surface area contributed by atoms with Crippen molar-refractivity contribution in [1.29, 1.82) is 5.26 Å². The standard InChI is InChI=1S/C17H14N2O3S/c1-12(22-16(20)7-4-14-8-9-23-11-14)17(21)19-15-5-2-13(10-18)3-6-15/h2-9,11-12H,1H3,(H,19,21)/b7-4+/t12-/m0/s1. The van der Waals surface area contributed by atoms with Gasteiger partial charge < -0.3 is 10.1 Å². The zero-order valence-electron chi connectivity index (χ0n) is 12.4. The molecule has 1 heterocycles. The second-order valence-electron chi connectivity index (χ2n) is 4.65. The lowest BCUT2D eigenvalue weighted by atomic mass is 10.2. The van der Waals surface area contributed by atoms with Gasteiger partial charge in [-0.1, -0.05) is 0 Å². The van der Waals surface area contributed by atoms with E-state index in [1.165, 1.54) is 24.3 Å². The Kier molecular flexibility index (Phi) is 5.67. The van der Waals surface area contributed by atoms with Crippen LogP contribution in [0, 0.1) is 11.3 Å². The van der Waals surface area contributed by atoms with E-state index < -0.39 is 18.0 Å². The highest BCUT2D eigenvalue weighted by molar-refractivity contribution is 7.08. The number of anilines is 1. The number of carbonyl (C=O) groups is 2. The lowest BCUT2D eigenvalue weighted by Gasteiger charge is -2.12. The van der Waals surface area contributed by atoms with Crippen LogP contribution in [0.1, 0.15) is 18.1 Å². The molecule has 0 fully saturated rings. The summed E-state index contributed by atoms with van der Waals surface area (Å²) in [5, 5.41) is 15.1. The fourth-order valence-electron chi connectivity index (χ4n) is 1.67. The van der Waals surface area contributed by atoms with Crippen molar-refractivity contribution >= 4 is 35.0 Å². The zero-order valence-corrected chi connectivity index (χ0v) is 13.2. The third kappa shape index (κ3) is 5.09. The first kappa shape index (κ1) is 16.5. The summed E-state index contributed by atoms with van der Waals surface area (Å²) in [5.41, 5.74) is 1.94. The van der Waals surface area contributed by atoms with E-state index in [1.54, 1.807) is 30.3 Å². The van der Waals surface area contributed by atoms with Crippen molar-refractivity contribution in [3.8, 4) is 6.07 Å². The van der Waals surface area contributed by atoms with Crippen LogP contribution < -0.4 is 5.32 Å². The third-order valence-electron chi connectivity index (χ3n) is 2.90. The summed E-state index contributed by atoms with van der Waals surface area (Å²) in [6.07, 6.45) is 1.99. The van der Waals surface area contributed by atoms with Gasteiger partial charge in [-0.2, -0.15) is 16.6 Å². The van der Waals surface area contributed by atoms with Gasteiger partial charge in [0.15, 0.2) is 6.10 Å². The molecule has 0 unspecified atom stereocenters. The number of thiophene rings is 1. The molecule has 1 aromatic heterocycles. The summed E-state index contributed by atoms with van der Waals surface area (Å²) >= 11 is 1.53. The normalized spacial score (nSPS) is 11.7. The number of esters is 1. The Morgan fingerprint density at radius 1 is 1.30 bits per heavy atom. The Bertz CT molecular complexity index is 743. The predicted molar refractivity (Wildman–Crippen MR) is 88.7 cm³/mol. The van der Waals surface area contributed by atoms with Crippen molar-refractivity contribution in [3.63, 3.8) is 0 Å². The maximum Gasteiger partial charge on any atom is 0.331 e. The highest BCUT2D eigenvalue weighted by Gasteiger charge is 2.16. The van der Waals surface area contributed by atoms with Crippen LogP contribution in [0.2, 0.25) is 0 Å². The van der Waals surface area contributed by atoms with Gasteiger partial charge in [0, 0.05) is 11.8 Å². The summed E-state index contributed by atoms with van der Waals surface area (Å²) in [4.78, 5) is 23.6. The second kappa shape index (κ2) is 7.92. The number of carbonyl (C=O) groups excluding carboxylic acids is 2. The minimum absolute atomic E-state index is 0.438. The Morgan fingerprint density at radius 3 is 2.65 bits per heavy atom. The van der Waals surface area contributed by atoms with Crippen LogP contribution in [0.4, 0.5) is 5.69 Å². The fourth-order valence-corrected chi connectivity index (χ4v) is 2.30. The molecule has 0 aliphatic carbocycles. The molecule has 0 saturated heterocycles. The van der Waals surface area contributed by atoms with E-state index in [0.29, 0.717) is 11.3 Å². The Balaban J connectivity index is 1.86. The third-order valence-corrected chi connectivity index (χ3v) is 3.60. The summed E-state index contributed by atoms with van der Waals surface area (Å²) in [6.45, 7) is 1.50. The average Bonchev–Trinajstić information content (AvgIpc) is 3.07. The van der Waals surface area contributed by atoms with E-state index in [2.05, 4.69) is 5.32 Å². The topological polar surface area (TPSA) is 79.2 Å². The molecule has 5 nitrogen and oxygen atoms in total. The lowest BCUT2D eigenvalue weighted by Crippen LogP contribution is -2.29. The Labute approximate surface area is 137 Å². The van der Waals surface area contributed by atoms with Gasteiger partial charge >= 0.3 is 5.97 Å². The van der Waals surface area contributed by atoms with Crippen molar-refractivity contribution in [3.05, 3.63) is 58.3 Å². The molecule has 0 bridgehead atoms. The van der Waals surface area contributed by atoms with Gasteiger partial charge in [-0.3, -0.25) is 4.79 Å². The Morgan fingerprint density at radius 2 is 2.04 bits per heavy atom. The highest BCUT2D eigenvalue weighted by Crippen LogP contribution is 2.10. The molecule has 0 radical (unpaired) electrons. The monoisotopic (exact) mass is 326 g/mol. The molecule has 0 spiro atoms. The number of nitriles is 1. The second-order valence-corrected chi connectivity index (χ2v) is 5.43. The number of nitrogens with zero attached hydrogens (tertiary/aromatic N) is 1. The number of hydrogen-bond donors (Lipinski definition) is 1. The first-order valence-electron chi connectivity index (χ1n) is 6.80. The number of benzene rings is 1. The van der Waals surface area contributed by atoms with Crippen molar-refractivity contribution < 1.29 is 14.3 Å². The summed E-state index contributed by atoms with van der Waals surface area (Å²) in [7, 11) is 0. The first-order valence-corrected chi connectivity index (χ1v) is 7.74. The maximum absolute atomic E-state index is 12.0. The number of rotatable bonds is 5. The molecule has 1 N–H and O–H groups in total. The van der Waals surface area contributed by atoms with Crippen LogP contribution in [0.15, 0.2) is 47.2 Å². The molecule has 116 valence electrons. The largest absolute Gasteiger partial charge is 0.449 e. The number of nitrogens with one attached hydrogen (secondary N) is 1. The smallest absolute Gasteiger partial charge is 0.331 e. The van der Waals surface area contributed by atoms with E-state index in [9.17, 15) is 9.59 Å². The minimum Gasteiger partial charge on any atom is -0.449 e. The van der Waals surface area contributed by atoms with Crippen molar-refractivity contribution in [1.82, 2.24) is 0 Å². The Hall–Kier alpha value is -2.91. The molecule has 1 atom stereocenters. The highest BCUT2D eigenvalue weighted by atomic mass is 32.1. The van der Waals surface area contributed by atoms with Gasteiger partial charge in [-0.15, -0.1) is 0 Å². The molecule has 23 heavy (non-hydrogen) atoms. The summed E-state index contributed by atoms with van der Waals surface area (Å²) in [6, 6.07) is 10.3. The molecule has 2 aromatic rings. The number of hydrogen-bond acceptors (Lipinski definition) is 5. The van der Waals surface area contributed by atoms with E-state index in [0.717, 1.165) is 5.56 Å². The molecule has 0 aliphatic rings. The fraction of sp³-hybridized carbons (Fsp3) is 0.118. The lowest BCUT2D eigenvalue weighted by molar-refractivity contribution is -0.148. The average molecular weight is 326 g/mol. The van der Waals surface area contributed by atoms with Crippen LogP contribution in [-0.2, 0) is 14.3 Å². The van der Waals surface area contributed by atoms with E-state index in [-0.39, 0.29) is 0 Å². The van der Waals surface area contributed by atoms with Gasteiger partial charge in [-0.05, 0) is 59.7 Å². The maximum atomic E-state index is 12.0. The van der Waals surface area contributed by atoms with Crippen LogP contribution in [-0.4, -0.2) is 18.0 Å². The van der Waals surface area contributed by atoms with Crippen LogP contribution in [0.25, 0.3) is 6.08 Å². The van der Waals surface area contributed by atoms with Gasteiger partial charge in [-0.25, -0.2) is 4.79 Å². The van der Waals surface area contributed by atoms with Gasteiger partial charge in [0.25, 0.3) is 5.91 Å². The van der Waals surface area contributed by atoms with Crippen molar-refractivity contribution in [2.75, 3.05) is 5.32 Å². The van der Waals surface area contributed by atoms with Gasteiger partial charge in [0.1, 0.15) is 0 Å². The van der Waals surface area contributed by atoms with E-state index in [4.69, 9.17) is 10.00 Å². The van der Waals surface area contributed by atoms with E-state index >= 15 is 0 Å². The first-order chi connectivity index (χ1) is 11.1. The van der Waals surface area contributed by atoms with Crippen LogP contribution >= 0.6 is 11.3 Å². The van der Waals surface area contributed by atoms with Gasteiger partial charge in [0.05, 0.1) is 11.6 Å². The van der Waals surface area contributed by atoms with Crippen LogP contribution in [0.3, 0.4) is 0 Å². The van der Waals surface area contributed by atoms with Crippen LogP contribution in [0.5, 0.6) is 0 Å². The molecule has 1 amide bonds. The summed E-state index contributed by atoms with van der Waals surface area (Å²) in [5.74, 6) is -1.02. The molecule has 2 rings (SSSR count). The molecular weight excluding hydrogens is 312 g/mol. The molecule has 0 aliphatic heterocycles. The molecular formula is C17H14N2O3S. The summed E-state index contributed by atoms with van der Waals surface area (Å²) < 4.78 is 5.04.